The number of hydrogen-bond acceptors (Lipinski definition) is 3. The van der Waals surface area contributed by atoms with E-state index in [9.17, 15) is 0 Å². The minimum atomic E-state index is 0.534. The van der Waals surface area contributed by atoms with Gasteiger partial charge in [-0.1, -0.05) is 42.5 Å². The van der Waals surface area contributed by atoms with Crippen LogP contribution in [0.1, 0.15) is 5.56 Å². The van der Waals surface area contributed by atoms with E-state index in [4.69, 9.17) is 9.72 Å². The fourth-order valence-electron chi connectivity index (χ4n) is 3.40. The number of benzene rings is 2. The number of aromatic nitrogens is 2. The molecule has 0 aliphatic carbocycles. The average molecular weight is 336 g/mol. The number of rotatable bonds is 2. The molecule has 2 aromatic heterocycles. The Kier molecular flexibility index (Phi) is 3.49. The van der Waals surface area contributed by atoms with Crippen molar-refractivity contribution in [3.05, 3.63) is 90.8 Å². The van der Waals surface area contributed by atoms with Crippen molar-refractivity contribution in [2.24, 2.45) is 0 Å². The zero-order valence-electron chi connectivity index (χ0n) is 14.1. The quantitative estimate of drug-likeness (QED) is 0.493. The Bertz CT molecular complexity index is 1080. The summed E-state index contributed by atoms with van der Waals surface area (Å²) >= 11 is 0. The predicted octanol–water partition coefficient (Wildman–Crippen LogP) is 5.37. The van der Waals surface area contributed by atoms with Gasteiger partial charge in [-0.3, -0.25) is 4.98 Å². The van der Waals surface area contributed by atoms with E-state index in [1.165, 1.54) is 0 Å². The Balaban J connectivity index is 1.79. The van der Waals surface area contributed by atoms with Crippen molar-refractivity contribution in [1.29, 1.82) is 0 Å². The van der Waals surface area contributed by atoms with Crippen molar-refractivity contribution in [3.8, 4) is 39.4 Å². The molecule has 1 aliphatic rings. The highest BCUT2D eigenvalue weighted by molar-refractivity contribution is 5.85. The molecule has 0 amide bonds. The van der Waals surface area contributed by atoms with Gasteiger partial charge in [0.1, 0.15) is 12.4 Å². The van der Waals surface area contributed by atoms with Gasteiger partial charge in [-0.15, -0.1) is 0 Å². The minimum Gasteiger partial charge on any atom is -0.488 e. The predicted molar refractivity (Wildman–Crippen MR) is 103 cm³/mol. The smallest absolute Gasteiger partial charge is 0.129 e. The molecule has 0 bridgehead atoms. The van der Waals surface area contributed by atoms with E-state index in [2.05, 4.69) is 35.3 Å². The van der Waals surface area contributed by atoms with Gasteiger partial charge in [0.2, 0.25) is 0 Å². The van der Waals surface area contributed by atoms with E-state index in [0.29, 0.717) is 6.61 Å². The second-order valence-electron chi connectivity index (χ2n) is 6.28. The van der Waals surface area contributed by atoms with E-state index >= 15 is 0 Å². The van der Waals surface area contributed by atoms with Gasteiger partial charge in [-0.05, 0) is 35.9 Å². The number of para-hydroxylation sites is 1. The van der Waals surface area contributed by atoms with E-state index in [-0.39, 0.29) is 0 Å². The maximum absolute atomic E-state index is 5.93. The maximum atomic E-state index is 5.93. The number of fused-ring (bicyclic) bond motifs is 3. The largest absolute Gasteiger partial charge is 0.488 e. The Labute approximate surface area is 152 Å². The Morgan fingerprint density at radius 2 is 1.54 bits per heavy atom. The van der Waals surface area contributed by atoms with Crippen molar-refractivity contribution in [3.63, 3.8) is 0 Å². The zero-order chi connectivity index (χ0) is 17.3. The van der Waals surface area contributed by atoms with Gasteiger partial charge in [0, 0.05) is 34.6 Å². The molecule has 26 heavy (non-hydrogen) atoms. The monoisotopic (exact) mass is 336 g/mol. The number of ether oxygens (including phenoxy) is 1. The molecule has 0 unspecified atom stereocenters. The molecule has 0 N–H and O–H groups in total. The van der Waals surface area contributed by atoms with E-state index in [0.717, 1.165) is 45.0 Å². The maximum Gasteiger partial charge on any atom is 0.129 e. The summed E-state index contributed by atoms with van der Waals surface area (Å²) in [6.45, 7) is 0.534. The molecule has 5 rings (SSSR count). The highest BCUT2D eigenvalue weighted by atomic mass is 16.5. The highest BCUT2D eigenvalue weighted by Gasteiger charge is 2.22. The molecule has 0 atom stereocenters. The van der Waals surface area contributed by atoms with Gasteiger partial charge in [-0.25, -0.2) is 4.98 Å². The normalized spacial score (nSPS) is 12.0. The second-order valence-corrected chi connectivity index (χ2v) is 6.28. The van der Waals surface area contributed by atoms with Gasteiger partial charge in [-0.2, -0.15) is 0 Å². The summed E-state index contributed by atoms with van der Waals surface area (Å²) in [5.74, 6) is 0.886. The van der Waals surface area contributed by atoms with Crippen molar-refractivity contribution in [2.45, 2.75) is 6.61 Å². The molecule has 0 radical (unpaired) electrons. The van der Waals surface area contributed by atoms with Crippen LogP contribution in [-0.2, 0) is 6.61 Å². The van der Waals surface area contributed by atoms with E-state index in [1.54, 1.807) is 6.20 Å². The molecule has 0 saturated heterocycles. The summed E-state index contributed by atoms with van der Waals surface area (Å²) in [6.07, 6.45) is 3.65. The van der Waals surface area contributed by atoms with Gasteiger partial charge >= 0.3 is 0 Å². The second kappa shape index (κ2) is 6.12. The number of pyridine rings is 2. The molecule has 124 valence electrons. The van der Waals surface area contributed by atoms with Gasteiger partial charge in [0.25, 0.3) is 0 Å². The third-order valence-electron chi connectivity index (χ3n) is 4.65. The molecule has 4 aromatic rings. The third kappa shape index (κ3) is 2.45. The molecule has 2 aromatic carbocycles. The standard InChI is InChI=1S/C23H16N2O/c1-2-7-16(8-3-1)20-13-18-15-26-21-11-5-4-10-19(21)23(18)25-22(20)17-9-6-12-24-14-17/h1-14H,15H2. The third-order valence-corrected chi connectivity index (χ3v) is 4.65. The van der Waals surface area contributed by atoms with Crippen LogP contribution < -0.4 is 4.74 Å². The summed E-state index contributed by atoms with van der Waals surface area (Å²) in [4.78, 5) is 9.37. The van der Waals surface area contributed by atoms with Crippen LogP contribution in [0.3, 0.4) is 0 Å². The molecule has 1 aliphatic heterocycles. The van der Waals surface area contributed by atoms with E-state index < -0.39 is 0 Å². The van der Waals surface area contributed by atoms with Crippen molar-refractivity contribution < 1.29 is 4.74 Å². The van der Waals surface area contributed by atoms with Crippen LogP contribution in [0.2, 0.25) is 0 Å². The fraction of sp³-hybridized carbons (Fsp3) is 0.0435. The van der Waals surface area contributed by atoms with Crippen molar-refractivity contribution >= 4 is 0 Å². The average Bonchev–Trinajstić information content (AvgIpc) is 2.74. The lowest BCUT2D eigenvalue weighted by Crippen LogP contribution is -2.08. The first kappa shape index (κ1) is 14.8. The molecular weight excluding hydrogens is 320 g/mol. The summed E-state index contributed by atoms with van der Waals surface area (Å²) in [5.41, 5.74) is 7.33. The summed E-state index contributed by atoms with van der Waals surface area (Å²) in [7, 11) is 0. The Morgan fingerprint density at radius 3 is 2.38 bits per heavy atom. The van der Waals surface area contributed by atoms with Crippen molar-refractivity contribution in [1.82, 2.24) is 9.97 Å². The first-order chi connectivity index (χ1) is 12.9. The van der Waals surface area contributed by atoms with E-state index in [1.807, 2.05) is 48.7 Å². The van der Waals surface area contributed by atoms with Gasteiger partial charge in [0.15, 0.2) is 0 Å². The van der Waals surface area contributed by atoms with Gasteiger partial charge in [0.05, 0.1) is 11.4 Å². The zero-order valence-corrected chi connectivity index (χ0v) is 14.1. The first-order valence-electron chi connectivity index (χ1n) is 8.62. The topological polar surface area (TPSA) is 35.0 Å². The van der Waals surface area contributed by atoms with Crippen LogP contribution in [0.25, 0.3) is 33.6 Å². The molecule has 0 spiro atoms. The fourth-order valence-corrected chi connectivity index (χ4v) is 3.40. The summed E-state index contributed by atoms with van der Waals surface area (Å²) in [6, 6.07) is 24.6. The lowest BCUT2D eigenvalue weighted by atomic mass is 9.94. The number of nitrogens with zero attached hydrogens (tertiary/aromatic N) is 2. The molecule has 0 fully saturated rings. The summed E-state index contributed by atoms with van der Waals surface area (Å²) < 4.78 is 5.93. The Hall–Kier alpha value is -3.46. The summed E-state index contributed by atoms with van der Waals surface area (Å²) in [5, 5.41) is 0. The van der Waals surface area contributed by atoms with Crippen LogP contribution in [0.4, 0.5) is 0 Å². The minimum absolute atomic E-state index is 0.534. The Morgan fingerprint density at radius 1 is 0.731 bits per heavy atom. The SMILES string of the molecule is c1ccc(-c2cc3c(nc2-c2cccnc2)-c2ccccc2OC3)cc1. The lowest BCUT2D eigenvalue weighted by molar-refractivity contribution is 0.301. The molecule has 0 saturated carbocycles. The number of hydrogen-bond donors (Lipinski definition) is 0. The van der Waals surface area contributed by atoms with Crippen molar-refractivity contribution in [2.75, 3.05) is 0 Å². The molecule has 3 heterocycles. The molecular formula is C23H16N2O. The molecule has 3 heteroatoms. The van der Waals surface area contributed by atoms with Crippen LogP contribution in [0.15, 0.2) is 85.2 Å². The van der Waals surface area contributed by atoms with Crippen LogP contribution >= 0.6 is 0 Å². The molecule has 3 nitrogen and oxygen atoms in total. The first-order valence-corrected chi connectivity index (χ1v) is 8.62. The van der Waals surface area contributed by atoms with Crippen LogP contribution in [-0.4, -0.2) is 9.97 Å². The highest BCUT2D eigenvalue weighted by Crippen LogP contribution is 2.40. The van der Waals surface area contributed by atoms with Gasteiger partial charge < -0.3 is 4.74 Å². The van der Waals surface area contributed by atoms with Crippen LogP contribution in [0, 0.1) is 0 Å². The lowest BCUT2D eigenvalue weighted by Gasteiger charge is -2.22. The van der Waals surface area contributed by atoms with Crippen LogP contribution in [0.5, 0.6) is 5.75 Å².